The zero-order valence-electron chi connectivity index (χ0n) is 10.3. The summed E-state index contributed by atoms with van der Waals surface area (Å²) in [6.45, 7) is 5.19. The molecule has 0 spiro atoms. The minimum atomic E-state index is -0.362. The van der Waals surface area contributed by atoms with Crippen LogP contribution in [0.5, 0.6) is 0 Å². The van der Waals surface area contributed by atoms with Gasteiger partial charge in [-0.1, -0.05) is 0 Å². The van der Waals surface area contributed by atoms with Crippen LogP contribution in [-0.4, -0.2) is 73.3 Å². The fourth-order valence-corrected chi connectivity index (χ4v) is 2.19. The number of β-amino-alcohol motifs (C(OH)–C–C–N with tert-alkyl or cyclic N) is 1. The zero-order chi connectivity index (χ0) is 12.1. The molecule has 1 heterocycles. The van der Waals surface area contributed by atoms with Gasteiger partial charge in [0.2, 0.25) is 0 Å². The van der Waals surface area contributed by atoms with E-state index in [4.69, 9.17) is 4.74 Å². The lowest BCUT2D eigenvalue weighted by Crippen LogP contribution is -2.44. The second kappa shape index (κ2) is 6.66. The summed E-state index contributed by atoms with van der Waals surface area (Å²) >= 11 is 0. The Bertz CT molecular complexity index is 218. The summed E-state index contributed by atoms with van der Waals surface area (Å²) in [5.74, 6) is 0.499. The van der Waals surface area contributed by atoms with Crippen LogP contribution in [-0.2, 0) is 4.74 Å². The number of aliphatic hydroxyl groups excluding tert-OH is 2. The molecule has 0 radical (unpaired) electrons. The van der Waals surface area contributed by atoms with E-state index in [1.807, 2.05) is 0 Å². The zero-order valence-corrected chi connectivity index (χ0v) is 10.3. The number of rotatable bonds is 7. The molecule has 17 heavy (non-hydrogen) atoms. The van der Waals surface area contributed by atoms with E-state index in [9.17, 15) is 10.2 Å². The van der Waals surface area contributed by atoms with Crippen LogP contribution in [0, 0.1) is 5.92 Å². The van der Waals surface area contributed by atoms with Gasteiger partial charge >= 0.3 is 0 Å². The molecular formula is C12H24N2O3. The Hall–Kier alpha value is -0.200. The number of morpholine rings is 1. The van der Waals surface area contributed by atoms with E-state index in [1.54, 1.807) is 0 Å². The van der Waals surface area contributed by atoms with Crippen LogP contribution >= 0.6 is 0 Å². The van der Waals surface area contributed by atoms with Gasteiger partial charge in [-0.15, -0.1) is 0 Å². The van der Waals surface area contributed by atoms with Crippen molar-refractivity contribution in [3.05, 3.63) is 0 Å². The van der Waals surface area contributed by atoms with Gasteiger partial charge < -0.3 is 20.3 Å². The van der Waals surface area contributed by atoms with Crippen LogP contribution in [0.1, 0.15) is 12.8 Å². The van der Waals surface area contributed by atoms with Crippen molar-refractivity contribution in [1.82, 2.24) is 10.2 Å². The molecule has 0 aromatic heterocycles. The minimum Gasteiger partial charge on any atom is -0.392 e. The molecule has 0 aromatic carbocycles. The molecule has 0 bridgehead atoms. The highest BCUT2D eigenvalue weighted by Crippen LogP contribution is 2.32. The Morgan fingerprint density at radius 1 is 1.18 bits per heavy atom. The van der Waals surface area contributed by atoms with Crippen molar-refractivity contribution >= 4 is 0 Å². The van der Waals surface area contributed by atoms with Crippen molar-refractivity contribution in [2.45, 2.75) is 25.0 Å². The van der Waals surface area contributed by atoms with Gasteiger partial charge in [0.15, 0.2) is 0 Å². The van der Waals surface area contributed by atoms with E-state index in [1.165, 1.54) is 0 Å². The summed E-state index contributed by atoms with van der Waals surface area (Å²) in [6, 6.07) is 0. The number of hydrogen-bond donors (Lipinski definition) is 3. The maximum atomic E-state index is 9.84. The first-order chi connectivity index (χ1) is 8.25. The molecule has 5 heteroatoms. The first kappa shape index (κ1) is 13.2. The number of aliphatic hydroxyl groups is 2. The molecule has 2 unspecified atom stereocenters. The lowest BCUT2D eigenvalue weighted by Gasteiger charge is -2.28. The summed E-state index contributed by atoms with van der Waals surface area (Å²) < 4.78 is 5.26. The van der Waals surface area contributed by atoms with Crippen molar-refractivity contribution in [3.63, 3.8) is 0 Å². The van der Waals surface area contributed by atoms with Crippen LogP contribution in [0.3, 0.4) is 0 Å². The van der Waals surface area contributed by atoms with Crippen molar-refractivity contribution < 1.29 is 14.9 Å². The van der Waals surface area contributed by atoms with Gasteiger partial charge in [-0.2, -0.15) is 0 Å². The first-order valence-corrected chi connectivity index (χ1v) is 6.62. The van der Waals surface area contributed by atoms with Crippen molar-refractivity contribution in [2.75, 3.05) is 45.9 Å². The average Bonchev–Trinajstić information content (AvgIpc) is 3.14. The normalized spacial score (nSPS) is 25.8. The first-order valence-electron chi connectivity index (χ1n) is 6.62. The summed E-state index contributed by atoms with van der Waals surface area (Å²) in [7, 11) is 0. The van der Waals surface area contributed by atoms with Crippen molar-refractivity contribution in [1.29, 1.82) is 0 Å². The van der Waals surface area contributed by atoms with E-state index in [-0.39, 0.29) is 12.2 Å². The van der Waals surface area contributed by atoms with Crippen LogP contribution < -0.4 is 5.32 Å². The van der Waals surface area contributed by atoms with Crippen LogP contribution in [0.4, 0.5) is 0 Å². The van der Waals surface area contributed by atoms with Gasteiger partial charge in [-0.05, 0) is 18.8 Å². The standard InChI is InChI=1S/C12H24N2O3/c15-11(9-14-3-5-17-6-4-14)7-13-8-12(16)10-1-2-10/h10-13,15-16H,1-9H2. The number of nitrogens with one attached hydrogen (secondary N) is 1. The third kappa shape index (κ3) is 4.89. The molecule has 0 aromatic rings. The highest BCUT2D eigenvalue weighted by atomic mass is 16.5. The highest BCUT2D eigenvalue weighted by molar-refractivity contribution is 4.82. The molecule has 5 nitrogen and oxygen atoms in total. The lowest BCUT2D eigenvalue weighted by molar-refractivity contribution is 0.0143. The summed E-state index contributed by atoms with van der Waals surface area (Å²) in [5.41, 5.74) is 0. The predicted octanol–water partition coefficient (Wildman–Crippen LogP) is -0.960. The number of hydrogen-bond acceptors (Lipinski definition) is 5. The summed E-state index contributed by atoms with van der Waals surface area (Å²) in [6.07, 6.45) is 1.71. The average molecular weight is 244 g/mol. The number of ether oxygens (including phenoxy) is 1. The van der Waals surface area contributed by atoms with Crippen molar-refractivity contribution in [3.8, 4) is 0 Å². The molecule has 2 aliphatic rings. The molecule has 1 saturated carbocycles. The van der Waals surface area contributed by atoms with E-state index in [0.29, 0.717) is 25.6 Å². The molecular weight excluding hydrogens is 220 g/mol. The second-order valence-electron chi connectivity index (χ2n) is 5.13. The fraction of sp³-hybridized carbons (Fsp3) is 1.00. The largest absolute Gasteiger partial charge is 0.392 e. The number of nitrogens with zero attached hydrogens (tertiary/aromatic N) is 1. The summed E-state index contributed by atoms with van der Waals surface area (Å²) in [5, 5.41) is 22.6. The van der Waals surface area contributed by atoms with Gasteiger partial charge in [0.1, 0.15) is 0 Å². The van der Waals surface area contributed by atoms with Gasteiger partial charge in [0, 0.05) is 32.7 Å². The second-order valence-corrected chi connectivity index (χ2v) is 5.13. The monoisotopic (exact) mass is 244 g/mol. The van der Waals surface area contributed by atoms with E-state index < -0.39 is 0 Å². The highest BCUT2D eigenvalue weighted by Gasteiger charge is 2.29. The van der Waals surface area contributed by atoms with Crippen LogP contribution in [0.2, 0.25) is 0 Å². The van der Waals surface area contributed by atoms with Crippen molar-refractivity contribution in [2.24, 2.45) is 5.92 Å². The van der Waals surface area contributed by atoms with E-state index >= 15 is 0 Å². The Morgan fingerprint density at radius 3 is 2.53 bits per heavy atom. The topological polar surface area (TPSA) is 65.0 Å². The predicted molar refractivity (Wildman–Crippen MR) is 64.9 cm³/mol. The Balaban J connectivity index is 1.51. The molecule has 3 N–H and O–H groups in total. The molecule has 1 aliphatic heterocycles. The SMILES string of the molecule is OC(CNCC(O)C1CC1)CN1CCOCC1. The maximum absolute atomic E-state index is 9.84. The van der Waals surface area contributed by atoms with Gasteiger partial charge in [0.05, 0.1) is 25.4 Å². The smallest absolute Gasteiger partial charge is 0.0791 e. The Labute approximate surface area is 103 Å². The molecule has 100 valence electrons. The maximum Gasteiger partial charge on any atom is 0.0791 e. The molecule has 1 saturated heterocycles. The summed E-state index contributed by atoms with van der Waals surface area (Å²) in [4.78, 5) is 2.22. The Kier molecular flexibility index (Phi) is 5.18. The fourth-order valence-electron chi connectivity index (χ4n) is 2.19. The van der Waals surface area contributed by atoms with E-state index in [0.717, 1.165) is 39.1 Å². The third-order valence-electron chi connectivity index (χ3n) is 3.47. The quantitative estimate of drug-likeness (QED) is 0.538. The lowest BCUT2D eigenvalue weighted by atomic mass is 10.2. The van der Waals surface area contributed by atoms with Gasteiger partial charge in [-0.25, -0.2) is 0 Å². The van der Waals surface area contributed by atoms with E-state index in [2.05, 4.69) is 10.2 Å². The van der Waals surface area contributed by atoms with Gasteiger partial charge in [0.25, 0.3) is 0 Å². The molecule has 1 aliphatic carbocycles. The molecule has 2 rings (SSSR count). The molecule has 2 atom stereocenters. The third-order valence-corrected chi connectivity index (χ3v) is 3.47. The van der Waals surface area contributed by atoms with Crippen LogP contribution in [0.15, 0.2) is 0 Å². The van der Waals surface area contributed by atoms with Gasteiger partial charge in [-0.3, -0.25) is 4.90 Å². The molecule has 0 amide bonds. The van der Waals surface area contributed by atoms with Crippen LogP contribution in [0.25, 0.3) is 0 Å². The minimum absolute atomic E-state index is 0.231. The Morgan fingerprint density at radius 2 is 1.88 bits per heavy atom. The molecule has 2 fully saturated rings.